The number of rotatable bonds is 5. The molecule has 0 aliphatic carbocycles. The summed E-state index contributed by atoms with van der Waals surface area (Å²) in [5, 5.41) is 21.9. The fourth-order valence-electron chi connectivity index (χ4n) is 4.44. The van der Waals surface area contributed by atoms with Gasteiger partial charge in [0.05, 0.1) is 28.4 Å². The number of ether oxygens (including phenoxy) is 1. The van der Waals surface area contributed by atoms with Crippen molar-refractivity contribution in [1.82, 2.24) is 4.98 Å². The van der Waals surface area contributed by atoms with Crippen LogP contribution < -0.4 is 9.64 Å². The van der Waals surface area contributed by atoms with Crippen LogP contribution in [-0.4, -0.2) is 33.5 Å². The summed E-state index contributed by atoms with van der Waals surface area (Å²) in [6, 6.07) is 13.0. The van der Waals surface area contributed by atoms with Crippen molar-refractivity contribution in [2.45, 2.75) is 26.8 Å². The second-order valence-electron chi connectivity index (χ2n) is 8.76. The van der Waals surface area contributed by atoms with E-state index in [1.165, 1.54) is 35.2 Å². The molecule has 1 saturated heterocycles. The average molecular weight is 519 g/mol. The van der Waals surface area contributed by atoms with E-state index in [0.717, 1.165) is 22.5 Å². The molecule has 7 nitrogen and oxygen atoms in total. The molecule has 2 N–H and O–H groups in total. The van der Waals surface area contributed by atoms with Crippen LogP contribution in [0.25, 0.3) is 16.0 Å². The van der Waals surface area contributed by atoms with Gasteiger partial charge in [0.15, 0.2) is 16.6 Å². The van der Waals surface area contributed by atoms with Crippen molar-refractivity contribution >= 4 is 44.1 Å². The molecule has 1 atom stereocenters. The Hall–Kier alpha value is -4.24. The molecule has 1 aliphatic rings. The number of phenols is 1. The Bertz CT molecular complexity index is 1610. The number of amides is 1. The molecule has 0 radical (unpaired) electrons. The Balaban J connectivity index is 1.77. The summed E-state index contributed by atoms with van der Waals surface area (Å²) in [6.07, 6.45) is 0. The minimum atomic E-state index is -1.06. The number of aliphatic hydroxyl groups excluding tert-OH is 1. The molecule has 3 aromatic carbocycles. The summed E-state index contributed by atoms with van der Waals surface area (Å²) >= 11 is 1.06. The Kier molecular flexibility index (Phi) is 6.16. The van der Waals surface area contributed by atoms with Gasteiger partial charge < -0.3 is 14.9 Å². The van der Waals surface area contributed by atoms with Crippen molar-refractivity contribution in [3.8, 4) is 11.5 Å². The first-order chi connectivity index (χ1) is 17.7. The molecule has 1 unspecified atom stereocenters. The van der Waals surface area contributed by atoms with Crippen LogP contribution in [0, 0.1) is 19.7 Å². The van der Waals surface area contributed by atoms with Gasteiger partial charge in [0, 0.05) is 5.56 Å². The Labute approximate surface area is 216 Å². The Morgan fingerprint density at radius 3 is 2.65 bits per heavy atom. The first-order valence-electron chi connectivity index (χ1n) is 11.6. The van der Waals surface area contributed by atoms with E-state index in [4.69, 9.17) is 4.74 Å². The molecule has 1 aromatic heterocycles. The number of hydrogen-bond acceptors (Lipinski definition) is 7. The third-order valence-corrected chi connectivity index (χ3v) is 7.25. The van der Waals surface area contributed by atoms with Crippen molar-refractivity contribution in [1.29, 1.82) is 0 Å². The quantitative estimate of drug-likeness (QED) is 0.197. The van der Waals surface area contributed by atoms with Crippen LogP contribution in [0.15, 0.2) is 60.2 Å². The van der Waals surface area contributed by atoms with Gasteiger partial charge >= 0.3 is 5.91 Å². The van der Waals surface area contributed by atoms with Crippen molar-refractivity contribution in [3.63, 3.8) is 0 Å². The van der Waals surface area contributed by atoms with Gasteiger partial charge in [0.2, 0.25) is 0 Å². The van der Waals surface area contributed by atoms with Gasteiger partial charge in [-0.3, -0.25) is 14.5 Å². The van der Waals surface area contributed by atoms with E-state index in [-0.39, 0.29) is 34.6 Å². The van der Waals surface area contributed by atoms with Gasteiger partial charge in [-0.1, -0.05) is 35.1 Å². The van der Waals surface area contributed by atoms with E-state index in [9.17, 15) is 24.2 Å². The van der Waals surface area contributed by atoms with E-state index in [1.54, 1.807) is 26.0 Å². The molecule has 188 valence electrons. The topological polar surface area (TPSA) is 100.0 Å². The third-order valence-electron chi connectivity index (χ3n) is 6.24. The highest BCUT2D eigenvalue weighted by Gasteiger charge is 2.48. The van der Waals surface area contributed by atoms with Gasteiger partial charge in [-0.2, -0.15) is 0 Å². The highest BCUT2D eigenvalue weighted by atomic mass is 32.1. The molecule has 4 aromatic rings. The Morgan fingerprint density at radius 1 is 1.11 bits per heavy atom. The molecule has 0 saturated carbocycles. The number of thiazole rings is 1. The number of nitrogens with zero attached hydrogens (tertiary/aromatic N) is 2. The number of hydrogen-bond donors (Lipinski definition) is 2. The molecular formula is C28H23FN2O5S. The van der Waals surface area contributed by atoms with Crippen LogP contribution in [0.1, 0.15) is 35.2 Å². The van der Waals surface area contributed by atoms with Crippen LogP contribution in [0.3, 0.4) is 0 Å². The summed E-state index contributed by atoms with van der Waals surface area (Å²) in [5.41, 5.74) is 2.81. The molecular weight excluding hydrogens is 495 g/mol. The molecule has 2 heterocycles. The average Bonchev–Trinajstić information content (AvgIpc) is 3.39. The van der Waals surface area contributed by atoms with Gasteiger partial charge in [0.1, 0.15) is 11.6 Å². The number of fused-ring (bicyclic) bond motifs is 1. The van der Waals surface area contributed by atoms with Gasteiger partial charge in [-0.05, 0) is 68.3 Å². The van der Waals surface area contributed by atoms with Crippen molar-refractivity contribution < 1.29 is 28.9 Å². The minimum Gasteiger partial charge on any atom is -0.507 e. The van der Waals surface area contributed by atoms with E-state index in [0.29, 0.717) is 21.3 Å². The number of aryl methyl sites for hydroxylation is 2. The second kappa shape index (κ2) is 9.33. The molecule has 0 bridgehead atoms. The summed E-state index contributed by atoms with van der Waals surface area (Å²) in [4.78, 5) is 32.6. The number of Topliss-reactive ketones (excluding diaryl/α,β-unsaturated/α-hetero) is 1. The van der Waals surface area contributed by atoms with E-state index in [1.807, 2.05) is 19.1 Å². The maximum absolute atomic E-state index is 13.9. The highest BCUT2D eigenvalue weighted by Crippen LogP contribution is 2.46. The number of aromatic nitrogens is 1. The fourth-order valence-corrected chi connectivity index (χ4v) is 5.46. The molecule has 1 amide bonds. The number of benzene rings is 3. The molecule has 1 aliphatic heterocycles. The van der Waals surface area contributed by atoms with Gasteiger partial charge in [0.25, 0.3) is 5.78 Å². The number of anilines is 1. The number of carbonyl (C=O) groups excluding carboxylic acids is 2. The lowest BCUT2D eigenvalue weighted by molar-refractivity contribution is -0.132. The van der Waals surface area contributed by atoms with Gasteiger partial charge in [-0.25, -0.2) is 9.37 Å². The molecule has 9 heteroatoms. The maximum atomic E-state index is 13.9. The SMILES string of the molecule is CCOc1cc(C2C(=C(O)c3cc(C)ccc3C)C(=O)C(=O)N2c2nc3ccc(F)cc3s2)ccc1O. The second-order valence-corrected chi connectivity index (χ2v) is 9.77. The molecule has 0 spiro atoms. The summed E-state index contributed by atoms with van der Waals surface area (Å²) in [5.74, 6) is -2.44. The van der Waals surface area contributed by atoms with Crippen LogP contribution in [-0.2, 0) is 9.59 Å². The summed E-state index contributed by atoms with van der Waals surface area (Å²) < 4.78 is 19.9. The van der Waals surface area contributed by atoms with Gasteiger partial charge in [-0.15, -0.1) is 0 Å². The first kappa shape index (κ1) is 24.5. The number of carbonyl (C=O) groups is 2. The predicted octanol–water partition coefficient (Wildman–Crippen LogP) is 5.78. The lowest BCUT2D eigenvalue weighted by Crippen LogP contribution is -2.29. The van der Waals surface area contributed by atoms with Crippen LogP contribution in [0.4, 0.5) is 9.52 Å². The summed E-state index contributed by atoms with van der Waals surface area (Å²) in [7, 11) is 0. The smallest absolute Gasteiger partial charge is 0.301 e. The lowest BCUT2D eigenvalue weighted by atomic mass is 9.93. The Morgan fingerprint density at radius 2 is 1.89 bits per heavy atom. The zero-order valence-corrected chi connectivity index (χ0v) is 21.1. The zero-order valence-electron chi connectivity index (χ0n) is 20.3. The number of aliphatic hydroxyl groups is 1. The normalized spacial score (nSPS) is 17.1. The van der Waals surface area contributed by atoms with E-state index < -0.39 is 23.5 Å². The van der Waals surface area contributed by atoms with Crippen molar-refractivity contribution in [3.05, 3.63) is 88.2 Å². The number of ketones is 1. The van der Waals surface area contributed by atoms with Crippen LogP contribution >= 0.6 is 11.3 Å². The molecule has 37 heavy (non-hydrogen) atoms. The highest BCUT2D eigenvalue weighted by molar-refractivity contribution is 7.22. The standard InChI is InChI=1S/C28H23FN2O5S/c1-4-36-21-12-16(7-10-20(21)32)24-23(25(33)18-11-14(2)5-6-15(18)3)26(34)27(35)31(24)28-30-19-9-8-17(29)13-22(19)37-28/h5-13,24,32-33H,4H2,1-3H3. The van der Waals surface area contributed by atoms with Crippen molar-refractivity contribution in [2.24, 2.45) is 0 Å². The van der Waals surface area contributed by atoms with Crippen LogP contribution in [0.2, 0.25) is 0 Å². The van der Waals surface area contributed by atoms with E-state index in [2.05, 4.69) is 4.98 Å². The number of aromatic hydroxyl groups is 1. The van der Waals surface area contributed by atoms with Crippen molar-refractivity contribution in [2.75, 3.05) is 11.5 Å². The predicted molar refractivity (Wildman–Crippen MR) is 140 cm³/mol. The summed E-state index contributed by atoms with van der Waals surface area (Å²) in [6.45, 7) is 5.71. The maximum Gasteiger partial charge on any atom is 0.301 e. The first-order valence-corrected chi connectivity index (χ1v) is 12.4. The zero-order chi connectivity index (χ0) is 26.4. The fraction of sp³-hybridized carbons (Fsp3) is 0.179. The van der Waals surface area contributed by atoms with Crippen LogP contribution in [0.5, 0.6) is 11.5 Å². The third kappa shape index (κ3) is 4.21. The number of phenolic OH excluding ortho intramolecular Hbond substituents is 1. The molecule has 5 rings (SSSR count). The lowest BCUT2D eigenvalue weighted by Gasteiger charge is -2.24. The molecule has 1 fully saturated rings. The monoisotopic (exact) mass is 518 g/mol. The number of halogens is 1. The minimum absolute atomic E-state index is 0.104. The van der Waals surface area contributed by atoms with E-state index >= 15 is 0 Å². The largest absolute Gasteiger partial charge is 0.507 e.